The first kappa shape index (κ1) is 17.3. The molecule has 1 unspecified atom stereocenters. The number of esters is 1. The van der Waals surface area contributed by atoms with E-state index in [-0.39, 0.29) is 23.3 Å². The molecular formula is C14H19NO5S. The maximum Gasteiger partial charge on any atom is 0.306 e. The molecule has 6 nitrogen and oxygen atoms in total. The highest BCUT2D eigenvalue weighted by atomic mass is 32.2. The lowest BCUT2D eigenvalue weighted by molar-refractivity contribution is -0.385. The number of methoxy groups -OCH3 is 1. The molecule has 1 aromatic rings. The van der Waals surface area contributed by atoms with Gasteiger partial charge in [-0.3, -0.25) is 14.9 Å². The van der Waals surface area contributed by atoms with Crippen LogP contribution >= 0.6 is 11.8 Å². The number of nitrogens with zero attached hydrogens (tertiary/aromatic N) is 1. The largest absolute Gasteiger partial charge is 0.493 e. The second-order valence-electron chi connectivity index (χ2n) is 4.48. The van der Waals surface area contributed by atoms with Crippen molar-refractivity contribution >= 4 is 23.4 Å². The number of ether oxygens (including phenoxy) is 2. The number of non-ortho nitro benzene ring substituents is 1. The zero-order chi connectivity index (χ0) is 15.8. The van der Waals surface area contributed by atoms with Gasteiger partial charge in [-0.05, 0) is 12.5 Å². The number of nitro groups is 1. The van der Waals surface area contributed by atoms with Gasteiger partial charge in [-0.2, -0.15) is 0 Å². The summed E-state index contributed by atoms with van der Waals surface area (Å²) in [7, 11) is 1.34. The lowest BCUT2D eigenvalue weighted by Gasteiger charge is -2.11. The summed E-state index contributed by atoms with van der Waals surface area (Å²) in [6.45, 7) is 4.33. The number of benzene rings is 1. The van der Waals surface area contributed by atoms with Crippen molar-refractivity contribution in [3.8, 4) is 5.75 Å². The van der Waals surface area contributed by atoms with Gasteiger partial charge in [0.15, 0.2) is 0 Å². The number of thioether (sulfide) groups is 1. The Hall–Kier alpha value is -1.76. The van der Waals surface area contributed by atoms with E-state index < -0.39 is 4.92 Å². The molecule has 0 aliphatic carbocycles. The zero-order valence-electron chi connectivity index (χ0n) is 12.3. The average Bonchev–Trinajstić information content (AvgIpc) is 2.44. The van der Waals surface area contributed by atoms with E-state index in [1.54, 1.807) is 6.07 Å². The topological polar surface area (TPSA) is 78.7 Å². The van der Waals surface area contributed by atoms with Gasteiger partial charge in [0.1, 0.15) is 5.75 Å². The third-order valence-electron chi connectivity index (χ3n) is 2.57. The van der Waals surface area contributed by atoms with Crippen LogP contribution in [0.5, 0.6) is 5.75 Å². The Morgan fingerprint density at radius 2 is 2.14 bits per heavy atom. The number of hydrogen-bond donors (Lipinski definition) is 0. The first-order chi connectivity index (χ1) is 9.96. The molecule has 0 aromatic heterocycles. The quantitative estimate of drug-likeness (QED) is 0.317. The molecule has 0 aliphatic rings. The Bertz CT molecular complexity index is 506. The maximum absolute atomic E-state index is 11.2. The Morgan fingerprint density at radius 3 is 2.71 bits per heavy atom. The average molecular weight is 313 g/mol. The van der Waals surface area contributed by atoms with Crippen molar-refractivity contribution in [2.24, 2.45) is 0 Å². The van der Waals surface area contributed by atoms with Crippen LogP contribution in [0.3, 0.4) is 0 Å². The lowest BCUT2D eigenvalue weighted by Crippen LogP contribution is -2.08. The molecule has 0 aliphatic heterocycles. The summed E-state index contributed by atoms with van der Waals surface area (Å²) in [5.74, 6) is 0.168. The molecule has 0 saturated heterocycles. The molecule has 21 heavy (non-hydrogen) atoms. The van der Waals surface area contributed by atoms with Gasteiger partial charge in [-0.1, -0.05) is 13.8 Å². The summed E-state index contributed by atoms with van der Waals surface area (Å²) in [5, 5.41) is 10.9. The lowest BCUT2D eigenvalue weighted by atomic mass is 10.3. The highest BCUT2D eigenvalue weighted by Crippen LogP contribution is 2.32. The smallest absolute Gasteiger partial charge is 0.306 e. The summed E-state index contributed by atoms with van der Waals surface area (Å²) in [4.78, 5) is 22.4. The molecule has 1 aromatic carbocycles. The van der Waals surface area contributed by atoms with Crippen molar-refractivity contribution in [3.05, 3.63) is 28.3 Å². The molecule has 7 heteroatoms. The molecule has 1 rings (SSSR count). The van der Waals surface area contributed by atoms with E-state index in [1.807, 2.05) is 13.8 Å². The fourth-order valence-electron chi connectivity index (χ4n) is 1.63. The standard InChI is InChI=1S/C14H19NO5S/c1-4-5-20-12-7-11(15(17)18)8-13(9-12)21-10(2)6-14(16)19-3/h7-10H,4-6H2,1-3H3. The minimum atomic E-state index is -0.451. The van der Waals surface area contributed by atoms with Crippen LogP contribution in [-0.4, -0.2) is 29.9 Å². The second-order valence-corrected chi connectivity index (χ2v) is 5.99. The van der Waals surface area contributed by atoms with Crippen molar-refractivity contribution < 1.29 is 19.2 Å². The molecule has 0 amide bonds. The van der Waals surface area contributed by atoms with E-state index in [0.29, 0.717) is 17.3 Å². The molecule has 0 heterocycles. The van der Waals surface area contributed by atoms with Crippen LogP contribution in [0, 0.1) is 10.1 Å². The van der Waals surface area contributed by atoms with Gasteiger partial charge in [0.05, 0.1) is 31.1 Å². The molecule has 116 valence electrons. The highest BCUT2D eigenvalue weighted by Gasteiger charge is 2.15. The summed E-state index contributed by atoms with van der Waals surface area (Å²) in [6, 6.07) is 4.64. The fraction of sp³-hybridized carbons (Fsp3) is 0.500. The number of nitro benzene ring substituents is 1. The van der Waals surface area contributed by atoms with Crippen LogP contribution < -0.4 is 4.74 Å². The van der Waals surface area contributed by atoms with Crippen molar-refractivity contribution in [1.82, 2.24) is 0 Å². The van der Waals surface area contributed by atoms with Gasteiger partial charge in [0.2, 0.25) is 0 Å². The van der Waals surface area contributed by atoms with E-state index in [9.17, 15) is 14.9 Å². The van der Waals surface area contributed by atoms with Gasteiger partial charge >= 0.3 is 5.97 Å². The van der Waals surface area contributed by atoms with Crippen LogP contribution in [-0.2, 0) is 9.53 Å². The van der Waals surface area contributed by atoms with Crippen LogP contribution in [0.15, 0.2) is 23.1 Å². The molecule has 0 saturated carbocycles. The molecule has 0 spiro atoms. The molecular weight excluding hydrogens is 294 g/mol. The third kappa shape index (κ3) is 6.03. The van der Waals surface area contributed by atoms with Crippen molar-refractivity contribution in [2.45, 2.75) is 36.8 Å². The van der Waals surface area contributed by atoms with E-state index in [2.05, 4.69) is 4.74 Å². The molecule has 0 N–H and O–H groups in total. The second kappa shape index (κ2) is 8.51. The number of carbonyl (C=O) groups is 1. The molecule has 0 radical (unpaired) electrons. The number of hydrogen-bond acceptors (Lipinski definition) is 6. The predicted octanol–water partition coefficient (Wildman–Crippen LogP) is 3.43. The summed E-state index contributed by atoms with van der Waals surface area (Å²) in [6.07, 6.45) is 1.07. The van der Waals surface area contributed by atoms with Crippen LogP contribution in [0.25, 0.3) is 0 Å². The number of rotatable bonds is 8. The van der Waals surface area contributed by atoms with Gasteiger partial charge < -0.3 is 9.47 Å². The summed E-state index contributed by atoms with van der Waals surface area (Å²) >= 11 is 1.38. The number of carbonyl (C=O) groups excluding carboxylic acids is 1. The normalized spacial score (nSPS) is 11.8. The predicted molar refractivity (Wildman–Crippen MR) is 80.8 cm³/mol. The fourth-order valence-corrected chi connectivity index (χ4v) is 2.68. The zero-order valence-corrected chi connectivity index (χ0v) is 13.1. The SMILES string of the molecule is CCCOc1cc(SC(C)CC(=O)OC)cc([N+](=O)[O-])c1. The van der Waals surface area contributed by atoms with Gasteiger partial charge in [0.25, 0.3) is 5.69 Å². The van der Waals surface area contributed by atoms with E-state index >= 15 is 0 Å². The first-order valence-electron chi connectivity index (χ1n) is 6.62. The van der Waals surface area contributed by atoms with Crippen molar-refractivity contribution in [2.75, 3.05) is 13.7 Å². The van der Waals surface area contributed by atoms with Crippen LogP contribution in [0.4, 0.5) is 5.69 Å². The van der Waals surface area contributed by atoms with E-state index in [0.717, 1.165) is 6.42 Å². The van der Waals surface area contributed by atoms with Gasteiger partial charge in [-0.25, -0.2) is 0 Å². The van der Waals surface area contributed by atoms with Crippen molar-refractivity contribution in [3.63, 3.8) is 0 Å². The van der Waals surface area contributed by atoms with Crippen LogP contribution in [0.1, 0.15) is 26.7 Å². The van der Waals surface area contributed by atoms with E-state index in [1.165, 1.54) is 31.0 Å². The van der Waals surface area contributed by atoms with Crippen molar-refractivity contribution in [1.29, 1.82) is 0 Å². The molecule has 1 atom stereocenters. The third-order valence-corrected chi connectivity index (χ3v) is 3.64. The Kier molecular flexibility index (Phi) is 7.01. The van der Waals surface area contributed by atoms with E-state index in [4.69, 9.17) is 4.74 Å². The monoisotopic (exact) mass is 313 g/mol. The van der Waals surface area contributed by atoms with Gasteiger partial charge in [-0.15, -0.1) is 11.8 Å². The Morgan fingerprint density at radius 1 is 1.43 bits per heavy atom. The molecule has 0 fully saturated rings. The Balaban J connectivity index is 2.86. The molecule has 0 bridgehead atoms. The van der Waals surface area contributed by atoms with Gasteiger partial charge in [0, 0.05) is 16.2 Å². The first-order valence-corrected chi connectivity index (χ1v) is 7.50. The Labute approximate surface area is 128 Å². The minimum absolute atomic E-state index is 0.0172. The van der Waals surface area contributed by atoms with Crippen LogP contribution in [0.2, 0.25) is 0 Å². The summed E-state index contributed by atoms with van der Waals surface area (Å²) < 4.78 is 10.1. The maximum atomic E-state index is 11.2. The minimum Gasteiger partial charge on any atom is -0.493 e. The summed E-state index contributed by atoms with van der Waals surface area (Å²) in [5.41, 5.74) is -0.0172. The highest BCUT2D eigenvalue weighted by molar-refractivity contribution is 8.00.